The molecule has 0 amide bonds. The third-order valence-corrected chi connectivity index (χ3v) is 13.5. The number of benzene rings is 2. The third-order valence-electron chi connectivity index (χ3n) is 10.7. The fraction of sp³-hybridized carbons (Fsp3) is 0.533. The van der Waals surface area contributed by atoms with E-state index >= 15 is 0 Å². The number of aromatic amines is 1. The number of sulfonamides is 2. The average molecular weight is 873 g/mol. The van der Waals surface area contributed by atoms with Crippen LogP contribution < -0.4 is 14.7 Å². The number of nitrogens with one attached hydrogen (secondary N) is 3. The molecule has 4 aromatic heterocycles. The summed E-state index contributed by atoms with van der Waals surface area (Å²) in [5.74, 6) is 1.15. The predicted molar refractivity (Wildman–Crippen MR) is 247 cm³/mol. The molecule has 0 atom stereocenters. The van der Waals surface area contributed by atoms with Gasteiger partial charge in [-0.15, -0.1) is 14.8 Å². The number of hydrogen-bond acceptors (Lipinski definition) is 9. The van der Waals surface area contributed by atoms with Crippen molar-refractivity contribution in [1.82, 2.24) is 39.6 Å². The van der Waals surface area contributed by atoms with Crippen molar-refractivity contribution in [3.05, 3.63) is 70.7 Å². The number of fused-ring (bicyclic) bond motifs is 2. The van der Waals surface area contributed by atoms with Gasteiger partial charge in [-0.3, -0.25) is 14.5 Å². The van der Waals surface area contributed by atoms with Gasteiger partial charge in [-0.05, 0) is 67.4 Å². The third kappa shape index (κ3) is 11.8. The lowest BCUT2D eigenvalue weighted by Gasteiger charge is -2.18. The summed E-state index contributed by atoms with van der Waals surface area (Å²) in [5.41, 5.74) is 5.59. The molecule has 0 spiro atoms. The second-order valence-corrected chi connectivity index (χ2v) is 21.9. The molecule has 0 radical (unpaired) electrons. The molecule has 0 aliphatic carbocycles. The highest BCUT2D eigenvalue weighted by Crippen LogP contribution is 2.31. The second kappa shape index (κ2) is 19.1. The molecule has 4 heterocycles. The van der Waals surface area contributed by atoms with E-state index in [1.807, 2.05) is 24.3 Å². The van der Waals surface area contributed by atoms with Crippen LogP contribution in [0.4, 0.5) is 11.4 Å². The van der Waals surface area contributed by atoms with Gasteiger partial charge >= 0.3 is 0 Å². The number of nitrogens with zero attached hydrogens (tertiary/aromatic N) is 7. The molecule has 16 heteroatoms. The van der Waals surface area contributed by atoms with Crippen LogP contribution in [0.15, 0.2) is 48.5 Å². The molecule has 61 heavy (non-hydrogen) atoms. The molecule has 6 aromatic rings. The van der Waals surface area contributed by atoms with E-state index < -0.39 is 20.0 Å². The van der Waals surface area contributed by atoms with Crippen molar-refractivity contribution in [3.63, 3.8) is 0 Å². The van der Waals surface area contributed by atoms with Crippen LogP contribution in [0.3, 0.4) is 0 Å². The number of rotatable bonds is 21. The van der Waals surface area contributed by atoms with Gasteiger partial charge < -0.3 is 0 Å². The molecule has 0 bridgehead atoms. The van der Waals surface area contributed by atoms with E-state index in [0.29, 0.717) is 47.2 Å². The molecule has 0 aliphatic heterocycles. The van der Waals surface area contributed by atoms with Crippen molar-refractivity contribution >= 4 is 48.8 Å². The predicted octanol–water partition coefficient (Wildman–Crippen LogP) is 9.18. The maximum absolute atomic E-state index is 12.8. The van der Waals surface area contributed by atoms with Crippen LogP contribution in [0.2, 0.25) is 0 Å². The van der Waals surface area contributed by atoms with E-state index in [0.717, 1.165) is 84.7 Å². The summed E-state index contributed by atoms with van der Waals surface area (Å²) in [7, 11) is -6.92. The van der Waals surface area contributed by atoms with Crippen molar-refractivity contribution in [2.75, 3.05) is 20.9 Å². The zero-order chi connectivity index (χ0) is 44.0. The second-order valence-electron chi connectivity index (χ2n) is 18.3. The lowest BCUT2D eigenvalue weighted by atomic mass is 9.88. The molecule has 2 aromatic carbocycles. The van der Waals surface area contributed by atoms with E-state index in [2.05, 4.69) is 76.0 Å². The molecular formula is C45H64N10O4S2. The average Bonchev–Trinajstić information content (AvgIpc) is 3.96. The summed E-state index contributed by atoms with van der Waals surface area (Å²) in [6.45, 7) is 17.0. The first-order valence-corrected chi connectivity index (χ1v) is 25.2. The molecule has 0 saturated carbocycles. The first-order valence-electron chi connectivity index (χ1n) is 21.9. The van der Waals surface area contributed by atoms with Gasteiger partial charge in [0.15, 0.2) is 22.9 Å². The maximum atomic E-state index is 12.8. The molecule has 3 N–H and O–H groups in total. The molecule has 0 unspecified atom stereocenters. The van der Waals surface area contributed by atoms with Crippen LogP contribution in [0.5, 0.6) is 0 Å². The number of hydrogen-bond donors (Lipinski definition) is 3. The summed E-state index contributed by atoms with van der Waals surface area (Å²) in [6.07, 6.45) is 14.2. The number of H-pyrrole nitrogens is 1. The Morgan fingerprint density at radius 3 is 1.52 bits per heavy atom. The van der Waals surface area contributed by atoms with Crippen LogP contribution >= 0.6 is 0 Å². The Hall–Kier alpha value is -4.83. The largest absolute Gasteiger partial charge is 0.284 e. The Balaban J connectivity index is 1.27. The highest BCUT2D eigenvalue weighted by Gasteiger charge is 2.28. The van der Waals surface area contributed by atoms with Gasteiger partial charge in [0.1, 0.15) is 0 Å². The van der Waals surface area contributed by atoms with E-state index in [1.54, 1.807) is 33.5 Å². The van der Waals surface area contributed by atoms with Crippen LogP contribution in [0.25, 0.3) is 40.1 Å². The molecule has 14 nitrogen and oxygen atoms in total. The SMILES string of the molecule is CCCCCCCCS(=O)(=O)Nc1ccc(-c2nc3/c(=C\c4c(C(C)(C)C)[nH]n5nc(-c6ccc(NS(=O)(=O)CCCCCCCC)cc6)nc45)c(C(C)(C)C)nn3n2)cc1. The number of unbranched alkanes of at least 4 members (excludes halogenated alkanes) is 10. The van der Waals surface area contributed by atoms with Crippen molar-refractivity contribution in [2.24, 2.45) is 0 Å². The van der Waals surface area contributed by atoms with Crippen molar-refractivity contribution in [2.45, 2.75) is 143 Å². The number of anilines is 2. The molecule has 0 aliphatic rings. The zero-order valence-electron chi connectivity index (χ0n) is 37.2. The minimum Gasteiger partial charge on any atom is -0.284 e. The highest BCUT2D eigenvalue weighted by atomic mass is 32.2. The first-order chi connectivity index (χ1) is 28.9. The molecule has 0 fully saturated rings. The smallest absolute Gasteiger partial charge is 0.232 e. The molecule has 6 rings (SSSR count). The van der Waals surface area contributed by atoms with Crippen LogP contribution in [0.1, 0.15) is 149 Å². The topological polar surface area (TPSA) is 181 Å². The lowest BCUT2D eigenvalue weighted by molar-refractivity contribution is 0.553. The molecule has 0 saturated heterocycles. The molecule has 330 valence electrons. The van der Waals surface area contributed by atoms with Gasteiger partial charge in [0.25, 0.3) is 0 Å². The maximum Gasteiger partial charge on any atom is 0.232 e. The number of aromatic nitrogens is 8. The Labute approximate surface area is 361 Å². The molecular weight excluding hydrogens is 809 g/mol. The van der Waals surface area contributed by atoms with E-state index in [1.165, 1.54) is 12.8 Å². The Morgan fingerprint density at radius 1 is 0.590 bits per heavy atom. The first kappa shape index (κ1) is 45.7. The van der Waals surface area contributed by atoms with Gasteiger partial charge in [0.2, 0.25) is 20.0 Å². The van der Waals surface area contributed by atoms with E-state index in [4.69, 9.17) is 25.3 Å². The Kier molecular flexibility index (Phi) is 14.3. The van der Waals surface area contributed by atoms with Crippen molar-refractivity contribution < 1.29 is 16.8 Å². The van der Waals surface area contributed by atoms with Gasteiger partial charge in [-0.2, -0.15) is 9.73 Å². The van der Waals surface area contributed by atoms with E-state index in [9.17, 15) is 16.8 Å². The van der Waals surface area contributed by atoms with Crippen LogP contribution in [-0.4, -0.2) is 68.0 Å². The minimum atomic E-state index is -3.46. The summed E-state index contributed by atoms with van der Waals surface area (Å²) >= 11 is 0. The fourth-order valence-corrected chi connectivity index (χ4v) is 9.77. The van der Waals surface area contributed by atoms with Gasteiger partial charge in [-0.1, -0.05) is 120 Å². The standard InChI is InChI=1S/C45H64N10O4S2/c1-9-11-13-15-17-19-29-60(56,57)52-34-25-21-32(22-26-34)40-46-42-36(38(44(3,4)5)48-54(42)50-40)31-37-39(45(6,7)8)49-55-43(37)47-41(51-55)33-23-27-35(28-24-33)53-61(58,59)30-20-18-16-14-12-10-2/h21-28,31,48,52-53H,9-20,29-30H2,1-8H3/b37-31-. The van der Waals surface area contributed by atoms with Gasteiger partial charge in [-0.25, -0.2) is 26.8 Å². The summed E-state index contributed by atoms with van der Waals surface area (Å²) in [4.78, 5) is 9.98. The quantitative estimate of drug-likeness (QED) is 0.0594. The normalized spacial score (nSPS) is 13.2. The summed E-state index contributed by atoms with van der Waals surface area (Å²) < 4.78 is 59.8. The van der Waals surface area contributed by atoms with Crippen molar-refractivity contribution in [3.8, 4) is 22.8 Å². The zero-order valence-corrected chi connectivity index (χ0v) is 38.8. The van der Waals surface area contributed by atoms with E-state index in [-0.39, 0.29) is 22.3 Å². The summed E-state index contributed by atoms with van der Waals surface area (Å²) in [5, 5.41) is 18.8. The van der Waals surface area contributed by atoms with Crippen LogP contribution in [-0.2, 0) is 30.9 Å². The van der Waals surface area contributed by atoms with Gasteiger partial charge in [0.05, 0.1) is 22.9 Å². The lowest BCUT2D eigenvalue weighted by Crippen LogP contribution is -2.22. The summed E-state index contributed by atoms with van der Waals surface area (Å²) in [6, 6.07) is 14.2. The monoisotopic (exact) mass is 872 g/mol. The van der Waals surface area contributed by atoms with Crippen molar-refractivity contribution in [1.29, 1.82) is 0 Å². The fourth-order valence-electron chi connectivity index (χ4n) is 7.40. The Bertz CT molecular complexity index is 2670. The van der Waals surface area contributed by atoms with Gasteiger partial charge in [0, 0.05) is 44.1 Å². The highest BCUT2D eigenvalue weighted by molar-refractivity contribution is 7.92. The minimum absolute atomic E-state index is 0.0957. The van der Waals surface area contributed by atoms with Crippen LogP contribution in [0, 0.1) is 0 Å². The Morgan fingerprint density at radius 2 is 1.05 bits per heavy atom.